The van der Waals surface area contributed by atoms with Crippen molar-refractivity contribution in [2.24, 2.45) is 0 Å². The number of nitrogens with zero attached hydrogens (tertiary/aromatic N) is 4. The van der Waals surface area contributed by atoms with Crippen LogP contribution in [0, 0.1) is 17.1 Å². The first-order valence-electron chi connectivity index (χ1n) is 12.4. The van der Waals surface area contributed by atoms with E-state index in [1.807, 2.05) is 0 Å². The van der Waals surface area contributed by atoms with Crippen molar-refractivity contribution in [3.05, 3.63) is 47.8 Å². The lowest BCUT2D eigenvalue weighted by atomic mass is 10.1. The molecule has 208 valence electrons. The summed E-state index contributed by atoms with van der Waals surface area (Å²) in [5.41, 5.74) is -1.57. The smallest absolute Gasteiger partial charge is 0.416 e. The predicted molar refractivity (Wildman–Crippen MR) is 140 cm³/mol. The third-order valence-corrected chi connectivity index (χ3v) is 5.71. The summed E-state index contributed by atoms with van der Waals surface area (Å²) < 4.78 is 31.0. The number of nitriles is 1. The third kappa shape index (κ3) is 7.02. The van der Waals surface area contributed by atoms with E-state index in [2.05, 4.69) is 4.98 Å². The summed E-state index contributed by atoms with van der Waals surface area (Å²) in [5, 5.41) is 9.23. The van der Waals surface area contributed by atoms with Crippen molar-refractivity contribution in [2.45, 2.75) is 71.2 Å². The molecule has 1 aliphatic heterocycles. The molecule has 0 unspecified atom stereocenters. The van der Waals surface area contributed by atoms with Crippen LogP contribution in [0.5, 0.6) is 0 Å². The van der Waals surface area contributed by atoms with E-state index in [1.54, 1.807) is 65.8 Å². The monoisotopic (exact) mass is 540 g/mol. The zero-order valence-corrected chi connectivity index (χ0v) is 23.1. The standard InChI is InChI=1S/C28H33FN4O6/c1-27(2,3)38-25(35)32-16-18(14-21(32)24(34)37-7)33(26(36)39-28(4,5)6)22-13-9-12-20(31-22)19-11-8-10-17(15-30)23(19)29/h8-13,18,21H,14,16H2,1-7H3/t18-,21-/m0/s1. The number of halogens is 1. The molecule has 0 radical (unpaired) electrons. The Kier molecular flexibility index (Phi) is 8.48. The Balaban J connectivity index is 2.07. The minimum Gasteiger partial charge on any atom is -0.467 e. The van der Waals surface area contributed by atoms with Crippen LogP contribution in [0.2, 0.25) is 0 Å². The number of ether oxygens (including phenoxy) is 3. The molecule has 2 aromatic rings. The number of esters is 1. The number of anilines is 1. The summed E-state index contributed by atoms with van der Waals surface area (Å²) in [6, 6.07) is 9.08. The van der Waals surface area contributed by atoms with Gasteiger partial charge in [-0.2, -0.15) is 5.26 Å². The highest BCUT2D eigenvalue weighted by Crippen LogP contribution is 2.32. The van der Waals surface area contributed by atoms with E-state index in [-0.39, 0.29) is 35.6 Å². The molecule has 0 N–H and O–H groups in total. The van der Waals surface area contributed by atoms with E-state index in [0.29, 0.717) is 0 Å². The summed E-state index contributed by atoms with van der Waals surface area (Å²) in [4.78, 5) is 46.2. The fourth-order valence-electron chi connectivity index (χ4n) is 4.15. The van der Waals surface area contributed by atoms with Crippen LogP contribution in [-0.4, -0.2) is 65.0 Å². The van der Waals surface area contributed by atoms with Gasteiger partial charge in [-0.05, 0) is 65.8 Å². The molecular formula is C28H33FN4O6. The lowest BCUT2D eigenvalue weighted by Crippen LogP contribution is -2.46. The number of rotatable bonds is 4. The van der Waals surface area contributed by atoms with Gasteiger partial charge in [0.15, 0.2) is 0 Å². The third-order valence-electron chi connectivity index (χ3n) is 5.71. The molecule has 0 saturated carbocycles. The number of hydrogen-bond donors (Lipinski definition) is 0. The largest absolute Gasteiger partial charge is 0.467 e. The SMILES string of the molecule is COC(=O)[C@@H]1C[C@H](N(C(=O)OC(C)(C)C)c2cccc(-c3cccc(C#N)c3F)n2)CN1C(=O)OC(C)(C)C. The van der Waals surface area contributed by atoms with Crippen LogP contribution in [0.15, 0.2) is 36.4 Å². The molecule has 1 aromatic heterocycles. The van der Waals surface area contributed by atoms with Gasteiger partial charge in [-0.3, -0.25) is 9.80 Å². The number of aromatic nitrogens is 1. The second-order valence-corrected chi connectivity index (χ2v) is 11.1. The van der Waals surface area contributed by atoms with Crippen molar-refractivity contribution in [3.63, 3.8) is 0 Å². The molecule has 0 spiro atoms. The predicted octanol–water partition coefficient (Wildman–Crippen LogP) is 5.05. The van der Waals surface area contributed by atoms with Crippen LogP contribution in [0.3, 0.4) is 0 Å². The average molecular weight is 541 g/mol. The molecular weight excluding hydrogens is 507 g/mol. The number of likely N-dealkylation sites (tertiary alicyclic amines) is 1. The number of amides is 2. The molecule has 3 rings (SSSR count). The molecule has 2 heterocycles. The zero-order valence-electron chi connectivity index (χ0n) is 23.1. The fourth-order valence-corrected chi connectivity index (χ4v) is 4.15. The molecule has 39 heavy (non-hydrogen) atoms. The van der Waals surface area contributed by atoms with E-state index >= 15 is 0 Å². The van der Waals surface area contributed by atoms with Gasteiger partial charge in [0.05, 0.1) is 24.4 Å². The first-order chi connectivity index (χ1) is 18.1. The van der Waals surface area contributed by atoms with Crippen molar-refractivity contribution in [2.75, 3.05) is 18.6 Å². The van der Waals surface area contributed by atoms with Crippen LogP contribution in [0.25, 0.3) is 11.3 Å². The van der Waals surface area contributed by atoms with E-state index < -0.39 is 47.3 Å². The number of hydrogen-bond acceptors (Lipinski definition) is 8. The van der Waals surface area contributed by atoms with Gasteiger partial charge < -0.3 is 14.2 Å². The van der Waals surface area contributed by atoms with Crippen molar-refractivity contribution >= 4 is 24.0 Å². The lowest BCUT2D eigenvalue weighted by Gasteiger charge is -2.31. The summed E-state index contributed by atoms with van der Waals surface area (Å²) in [6.45, 7) is 10.1. The first kappa shape index (κ1) is 29.4. The van der Waals surface area contributed by atoms with Crippen molar-refractivity contribution in [1.82, 2.24) is 9.88 Å². The minimum atomic E-state index is -1.02. The average Bonchev–Trinajstić information content (AvgIpc) is 3.27. The molecule has 1 aromatic carbocycles. The highest BCUT2D eigenvalue weighted by molar-refractivity contribution is 5.89. The highest BCUT2D eigenvalue weighted by Gasteiger charge is 2.46. The maximum absolute atomic E-state index is 15.0. The van der Waals surface area contributed by atoms with Crippen LogP contribution in [-0.2, 0) is 19.0 Å². The summed E-state index contributed by atoms with van der Waals surface area (Å²) >= 11 is 0. The zero-order chi connectivity index (χ0) is 29.1. The summed E-state index contributed by atoms with van der Waals surface area (Å²) in [7, 11) is 1.21. The number of benzene rings is 1. The van der Waals surface area contributed by atoms with Gasteiger partial charge in [0.25, 0.3) is 0 Å². The topological polar surface area (TPSA) is 122 Å². The maximum Gasteiger partial charge on any atom is 0.416 e. The van der Waals surface area contributed by atoms with Gasteiger partial charge in [-0.15, -0.1) is 0 Å². The maximum atomic E-state index is 15.0. The van der Waals surface area contributed by atoms with Crippen LogP contribution < -0.4 is 4.90 Å². The van der Waals surface area contributed by atoms with Gasteiger partial charge in [-0.25, -0.2) is 23.8 Å². The minimum absolute atomic E-state index is 0.0232. The Hall–Kier alpha value is -4.20. The van der Waals surface area contributed by atoms with E-state index in [4.69, 9.17) is 14.2 Å². The van der Waals surface area contributed by atoms with E-state index in [1.165, 1.54) is 35.1 Å². The summed E-state index contributed by atoms with van der Waals surface area (Å²) in [5.74, 6) is -1.29. The van der Waals surface area contributed by atoms with Crippen molar-refractivity contribution < 1.29 is 33.0 Å². The molecule has 2 amide bonds. The molecule has 2 atom stereocenters. The molecule has 0 aliphatic carbocycles. The molecule has 1 saturated heterocycles. The first-order valence-corrected chi connectivity index (χ1v) is 12.4. The Morgan fingerprint density at radius 3 is 2.28 bits per heavy atom. The quantitative estimate of drug-likeness (QED) is 0.390. The van der Waals surface area contributed by atoms with E-state index in [0.717, 1.165) is 0 Å². The van der Waals surface area contributed by atoms with Crippen molar-refractivity contribution in [3.8, 4) is 17.3 Å². The second kappa shape index (κ2) is 11.3. The fraction of sp³-hybridized carbons (Fsp3) is 0.464. The second-order valence-electron chi connectivity index (χ2n) is 11.1. The highest BCUT2D eigenvalue weighted by atomic mass is 19.1. The normalized spacial score (nSPS) is 17.3. The van der Waals surface area contributed by atoms with E-state index in [9.17, 15) is 24.0 Å². The van der Waals surface area contributed by atoms with Crippen LogP contribution in [0.1, 0.15) is 53.5 Å². The van der Waals surface area contributed by atoms with Gasteiger partial charge in [0.1, 0.15) is 34.9 Å². The number of carbonyl (C=O) groups excluding carboxylic acids is 3. The Labute approximate surface area is 227 Å². The summed E-state index contributed by atoms with van der Waals surface area (Å²) in [6.07, 6.45) is -1.48. The van der Waals surface area contributed by atoms with Gasteiger partial charge in [-0.1, -0.05) is 12.1 Å². The van der Waals surface area contributed by atoms with Gasteiger partial charge >= 0.3 is 18.2 Å². The number of carbonyl (C=O) groups is 3. The molecule has 11 heteroatoms. The van der Waals surface area contributed by atoms with Gasteiger partial charge in [0, 0.05) is 18.5 Å². The van der Waals surface area contributed by atoms with Gasteiger partial charge in [0.2, 0.25) is 0 Å². The molecule has 1 fully saturated rings. The molecule has 10 nitrogen and oxygen atoms in total. The lowest BCUT2D eigenvalue weighted by molar-refractivity contribution is -0.145. The van der Waals surface area contributed by atoms with Crippen LogP contribution >= 0.6 is 0 Å². The van der Waals surface area contributed by atoms with Crippen molar-refractivity contribution in [1.29, 1.82) is 5.26 Å². The number of pyridine rings is 1. The number of methoxy groups -OCH3 is 1. The van der Waals surface area contributed by atoms with Crippen LogP contribution in [0.4, 0.5) is 19.8 Å². The Bertz CT molecular complexity index is 1290. The Morgan fingerprint density at radius 2 is 1.69 bits per heavy atom. The molecule has 0 bridgehead atoms. The molecule has 1 aliphatic rings. The Morgan fingerprint density at radius 1 is 1.05 bits per heavy atom.